The molecule has 2 rings (SSSR count). The van der Waals surface area contributed by atoms with Gasteiger partial charge in [-0.3, -0.25) is 0 Å². The van der Waals surface area contributed by atoms with Crippen LogP contribution in [0.2, 0.25) is 0 Å². The SMILES string of the molecule is COc1cc(C(C)(C)C)c(OC)cc1-c1cc(OC)c(C(C)(C)C)cc1OC. The van der Waals surface area contributed by atoms with Crippen LogP contribution in [0, 0.1) is 0 Å². The van der Waals surface area contributed by atoms with E-state index >= 15 is 0 Å². The fourth-order valence-electron chi connectivity index (χ4n) is 3.39. The Morgan fingerprint density at radius 2 is 0.750 bits per heavy atom. The molecule has 0 saturated carbocycles. The number of methoxy groups -OCH3 is 4. The lowest BCUT2D eigenvalue weighted by molar-refractivity contribution is 0.385. The van der Waals surface area contributed by atoms with Gasteiger partial charge in [-0.1, -0.05) is 41.5 Å². The second-order valence-electron chi connectivity index (χ2n) is 9.01. The Bertz CT molecular complexity index is 768. The average molecular weight is 387 g/mol. The highest BCUT2D eigenvalue weighted by atomic mass is 16.5. The summed E-state index contributed by atoms with van der Waals surface area (Å²) >= 11 is 0. The maximum Gasteiger partial charge on any atom is 0.127 e. The Morgan fingerprint density at radius 3 is 0.964 bits per heavy atom. The molecule has 0 unspecified atom stereocenters. The van der Waals surface area contributed by atoms with E-state index in [1.54, 1.807) is 28.4 Å². The summed E-state index contributed by atoms with van der Waals surface area (Å²) in [6.45, 7) is 13.0. The lowest BCUT2D eigenvalue weighted by Crippen LogP contribution is -2.14. The molecule has 0 radical (unpaired) electrons. The molecular formula is C24H34O4. The largest absolute Gasteiger partial charge is 0.496 e. The molecule has 0 aliphatic rings. The van der Waals surface area contributed by atoms with E-state index < -0.39 is 0 Å². The molecule has 0 spiro atoms. The van der Waals surface area contributed by atoms with Crippen LogP contribution in [0.25, 0.3) is 11.1 Å². The second kappa shape index (κ2) is 7.94. The van der Waals surface area contributed by atoms with Gasteiger partial charge in [0.1, 0.15) is 23.0 Å². The average Bonchev–Trinajstić information content (AvgIpc) is 2.64. The topological polar surface area (TPSA) is 36.9 Å². The third-order valence-corrected chi connectivity index (χ3v) is 4.95. The van der Waals surface area contributed by atoms with E-state index in [1.807, 2.05) is 12.1 Å². The number of rotatable bonds is 5. The first-order valence-corrected chi connectivity index (χ1v) is 9.51. The molecule has 0 fully saturated rings. The van der Waals surface area contributed by atoms with E-state index in [9.17, 15) is 0 Å². The van der Waals surface area contributed by atoms with Gasteiger partial charge in [0.2, 0.25) is 0 Å². The summed E-state index contributed by atoms with van der Waals surface area (Å²) in [5.41, 5.74) is 3.84. The smallest absolute Gasteiger partial charge is 0.127 e. The van der Waals surface area contributed by atoms with E-state index in [-0.39, 0.29) is 10.8 Å². The summed E-state index contributed by atoms with van der Waals surface area (Å²) in [5, 5.41) is 0. The van der Waals surface area contributed by atoms with Crippen molar-refractivity contribution in [1.82, 2.24) is 0 Å². The fourth-order valence-corrected chi connectivity index (χ4v) is 3.39. The van der Waals surface area contributed by atoms with Crippen LogP contribution in [0.3, 0.4) is 0 Å². The van der Waals surface area contributed by atoms with Crippen molar-refractivity contribution in [2.45, 2.75) is 52.4 Å². The summed E-state index contributed by atoms with van der Waals surface area (Å²) < 4.78 is 22.9. The van der Waals surface area contributed by atoms with E-state index in [0.29, 0.717) is 0 Å². The quantitative estimate of drug-likeness (QED) is 0.633. The summed E-state index contributed by atoms with van der Waals surface area (Å²) in [5.74, 6) is 3.19. The molecule has 2 aromatic rings. The van der Waals surface area contributed by atoms with Gasteiger partial charge in [0.15, 0.2) is 0 Å². The van der Waals surface area contributed by atoms with Crippen LogP contribution < -0.4 is 18.9 Å². The van der Waals surface area contributed by atoms with Crippen LogP contribution in [0.5, 0.6) is 23.0 Å². The fraction of sp³-hybridized carbons (Fsp3) is 0.500. The molecule has 0 saturated heterocycles. The molecule has 4 heteroatoms. The second-order valence-corrected chi connectivity index (χ2v) is 9.01. The molecule has 28 heavy (non-hydrogen) atoms. The molecule has 2 aromatic carbocycles. The molecule has 0 aliphatic carbocycles. The lowest BCUT2D eigenvalue weighted by Gasteiger charge is -2.26. The third kappa shape index (κ3) is 4.21. The monoisotopic (exact) mass is 386 g/mol. The van der Waals surface area contributed by atoms with Crippen molar-refractivity contribution in [2.75, 3.05) is 28.4 Å². The molecule has 154 valence electrons. The van der Waals surface area contributed by atoms with Crippen LogP contribution in [0.1, 0.15) is 52.7 Å². The Labute approximate surface area is 169 Å². The zero-order valence-corrected chi connectivity index (χ0v) is 18.9. The molecule has 0 aliphatic heterocycles. The molecule has 0 N–H and O–H groups in total. The first-order chi connectivity index (χ1) is 13.0. The van der Waals surface area contributed by atoms with Gasteiger partial charge < -0.3 is 18.9 Å². The molecule has 0 aromatic heterocycles. The summed E-state index contributed by atoms with van der Waals surface area (Å²) in [4.78, 5) is 0. The van der Waals surface area contributed by atoms with Gasteiger partial charge >= 0.3 is 0 Å². The summed E-state index contributed by atoms with van der Waals surface area (Å²) in [7, 11) is 6.76. The van der Waals surface area contributed by atoms with Gasteiger partial charge in [-0.2, -0.15) is 0 Å². The standard InChI is InChI=1S/C24H34O4/c1-23(2,3)17-13-19(25-7)15(11-21(17)27-9)16-12-22(28-10)18(24(4,5)6)14-20(16)26-8/h11-14H,1-10H3. The minimum Gasteiger partial charge on any atom is -0.496 e. The maximum absolute atomic E-state index is 5.75. The van der Waals surface area contributed by atoms with Crippen molar-refractivity contribution >= 4 is 0 Å². The Morgan fingerprint density at radius 1 is 0.464 bits per heavy atom. The molecule has 4 nitrogen and oxygen atoms in total. The van der Waals surface area contributed by atoms with Gasteiger partial charge in [-0.15, -0.1) is 0 Å². The van der Waals surface area contributed by atoms with Gasteiger partial charge in [0.05, 0.1) is 28.4 Å². The molecule has 0 bridgehead atoms. The van der Waals surface area contributed by atoms with Gasteiger partial charge in [-0.05, 0) is 35.1 Å². The number of hydrogen-bond acceptors (Lipinski definition) is 4. The third-order valence-electron chi connectivity index (χ3n) is 4.95. The zero-order valence-electron chi connectivity index (χ0n) is 18.9. The van der Waals surface area contributed by atoms with Gasteiger partial charge in [0.25, 0.3) is 0 Å². The van der Waals surface area contributed by atoms with E-state index in [1.165, 1.54) is 0 Å². The van der Waals surface area contributed by atoms with E-state index in [0.717, 1.165) is 45.3 Å². The lowest BCUT2D eigenvalue weighted by atomic mass is 9.83. The molecule has 0 atom stereocenters. The van der Waals surface area contributed by atoms with Crippen molar-refractivity contribution < 1.29 is 18.9 Å². The Kier molecular flexibility index (Phi) is 6.22. The molecule has 0 amide bonds. The van der Waals surface area contributed by atoms with Crippen molar-refractivity contribution in [1.29, 1.82) is 0 Å². The highest BCUT2D eigenvalue weighted by Crippen LogP contribution is 2.46. The first-order valence-electron chi connectivity index (χ1n) is 9.51. The summed E-state index contributed by atoms with van der Waals surface area (Å²) in [6, 6.07) is 8.15. The number of ether oxygens (including phenoxy) is 4. The number of hydrogen-bond donors (Lipinski definition) is 0. The van der Waals surface area contributed by atoms with Crippen LogP contribution in [0.15, 0.2) is 24.3 Å². The predicted octanol–water partition coefficient (Wildman–Crippen LogP) is 5.98. The van der Waals surface area contributed by atoms with Crippen LogP contribution in [-0.4, -0.2) is 28.4 Å². The molecule has 0 heterocycles. The Balaban J connectivity index is 2.83. The van der Waals surface area contributed by atoms with Gasteiger partial charge in [0, 0.05) is 22.3 Å². The van der Waals surface area contributed by atoms with Crippen LogP contribution in [-0.2, 0) is 10.8 Å². The normalized spacial score (nSPS) is 11.9. The van der Waals surface area contributed by atoms with Crippen molar-refractivity contribution in [3.63, 3.8) is 0 Å². The number of benzene rings is 2. The predicted molar refractivity (Wildman–Crippen MR) is 115 cm³/mol. The van der Waals surface area contributed by atoms with Crippen LogP contribution >= 0.6 is 0 Å². The van der Waals surface area contributed by atoms with Crippen molar-refractivity contribution in [2.24, 2.45) is 0 Å². The van der Waals surface area contributed by atoms with Crippen molar-refractivity contribution in [3.05, 3.63) is 35.4 Å². The zero-order chi connectivity index (χ0) is 21.3. The minimum atomic E-state index is -0.0744. The highest BCUT2D eigenvalue weighted by molar-refractivity contribution is 5.80. The highest BCUT2D eigenvalue weighted by Gasteiger charge is 2.26. The molecular weight excluding hydrogens is 352 g/mol. The summed E-state index contributed by atoms with van der Waals surface area (Å²) in [6.07, 6.45) is 0. The van der Waals surface area contributed by atoms with Crippen molar-refractivity contribution in [3.8, 4) is 34.1 Å². The van der Waals surface area contributed by atoms with E-state index in [2.05, 4.69) is 53.7 Å². The first kappa shape index (κ1) is 21.9. The van der Waals surface area contributed by atoms with E-state index in [4.69, 9.17) is 18.9 Å². The maximum atomic E-state index is 5.75. The minimum absolute atomic E-state index is 0.0744. The van der Waals surface area contributed by atoms with Crippen LogP contribution in [0.4, 0.5) is 0 Å². The van der Waals surface area contributed by atoms with Gasteiger partial charge in [-0.25, -0.2) is 0 Å². The Hall–Kier alpha value is -2.36.